The van der Waals surface area contributed by atoms with E-state index in [4.69, 9.17) is 4.74 Å². The standard InChI is InChI=1S/C11H13BrO3/c1-3-15-9-7-5-4-6-8(9)10(12)11(13)14-2/h4-7,10H,3H2,1-2H3. The summed E-state index contributed by atoms with van der Waals surface area (Å²) in [6.45, 7) is 2.47. The van der Waals surface area contributed by atoms with Crippen LogP contribution in [0.5, 0.6) is 5.75 Å². The van der Waals surface area contributed by atoms with Crippen LogP contribution < -0.4 is 4.74 Å². The third-order valence-corrected chi connectivity index (χ3v) is 2.77. The number of halogens is 1. The molecular weight excluding hydrogens is 260 g/mol. The van der Waals surface area contributed by atoms with Gasteiger partial charge in [0.2, 0.25) is 0 Å². The second-order valence-electron chi connectivity index (χ2n) is 2.86. The largest absolute Gasteiger partial charge is 0.494 e. The number of ether oxygens (including phenoxy) is 2. The summed E-state index contributed by atoms with van der Waals surface area (Å²) in [5, 5.41) is 0. The Morgan fingerprint density at radius 3 is 2.73 bits per heavy atom. The number of para-hydroxylation sites is 1. The molecule has 15 heavy (non-hydrogen) atoms. The van der Waals surface area contributed by atoms with Gasteiger partial charge in [-0.3, -0.25) is 4.79 Å². The third kappa shape index (κ3) is 2.96. The van der Waals surface area contributed by atoms with Gasteiger partial charge in [-0.1, -0.05) is 34.1 Å². The number of rotatable bonds is 4. The first kappa shape index (κ1) is 12.0. The van der Waals surface area contributed by atoms with Gasteiger partial charge in [0.15, 0.2) is 0 Å². The van der Waals surface area contributed by atoms with E-state index in [-0.39, 0.29) is 5.97 Å². The molecule has 0 spiro atoms. The fourth-order valence-corrected chi connectivity index (χ4v) is 1.77. The van der Waals surface area contributed by atoms with Crippen LogP contribution in [-0.2, 0) is 9.53 Å². The smallest absolute Gasteiger partial charge is 0.324 e. The molecule has 0 radical (unpaired) electrons. The Morgan fingerprint density at radius 2 is 2.13 bits per heavy atom. The molecule has 1 rings (SSSR count). The number of methoxy groups -OCH3 is 1. The van der Waals surface area contributed by atoms with Gasteiger partial charge in [-0.05, 0) is 13.0 Å². The van der Waals surface area contributed by atoms with E-state index in [0.29, 0.717) is 12.4 Å². The summed E-state index contributed by atoms with van der Waals surface area (Å²) >= 11 is 3.28. The van der Waals surface area contributed by atoms with E-state index in [1.807, 2.05) is 31.2 Å². The van der Waals surface area contributed by atoms with Gasteiger partial charge in [-0.15, -0.1) is 0 Å². The molecule has 0 heterocycles. The van der Waals surface area contributed by atoms with Crippen LogP contribution in [0, 0.1) is 0 Å². The van der Waals surface area contributed by atoms with E-state index in [0.717, 1.165) is 5.56 Å². The summed E-state index contributed by atoms with van der Waals surface area (Å²) in [7, 11) is 1.36. The Hall–Kier alpha value is -1.03. The van der Waals surface area contributed by atoms with Crippen molar-refractivity contribution < 1.29 is 14.3 Å². The van der Waals surface area contributed by atoms with Crippen LogP contribution in [0.1, 0.15) is 17.3 Å². The number of hydrogen-bond donors (Lipinski definition) is 0. The summed E-state index contributed by atoms with van der Waals surface area (Å²) < 4.78 is 10.1. The van der Waals surface area contributed by atoms with Gasteiger partial charge < -0.3 is 9.47 Å². The second-order valence-corrected chi connectivity index (χ2v) is 3.77. The van der Waals surface area contributed by atoms with Crippen LogP contribution in [-0.4, -0.2) is 19.7 Å². The third-order valence-electron chi connectivity index (χ3n) is 1.90. The van der Waals surface area contributed by atoms with Crippen molar-refractivity contribution in [3.05, 3.63) is 29.8 Å². The van der Waals surface area contributed by atoms with E-state index in [9.17, 15) is 4.79 Å². The molecule has 0 saturated carbocycles. The minimum Gasteiger partial charge on any atom is -0.494 e. The molecule has 1 unspecified atom stereocenters. The van der Waals surface area contributed by atoms with Crippen molar-refractivity contribution in [2.45, 2.75) is 11.8 Å². The molecule has 0 fully saturated rings. The van der Waals surface area contributed by atoms with Crippen LogP contribution in [0.25, 0.3) is 0 Å². The number of benzene rings is 1. The first-order chi connectivity index (χ1) is 7.20. The topological polar surface area (TPSA) is 35.5 Å². The minimum atomic E-state index is -0.481. The molecule has 0 aromatic heterocycles. The lowest BCUT2D eigenvalue weighted by molar-refractivity contribution is -0.139. The van der Waals surface area contributed by atoms with Crippen LogP contribution in [0.4, 0.5) is 0 Å². The maximum atomic E-state index is 11.3. The number of alkyl halides is 1. The first-order valence-electron chi connectivity index (χ1n) is 4.64. The van der Waals surface area contributed by atoms with Crippen molar-refractivity contribution >= 4 is 21.9 Å². The predicted octanol–water partition coefficient (Wildman–Crippen LogP) is 2.69. The van der Waals surface area contributed by atoms with E-state index in [2.05, 4.69) is 20.7 Å². The van der Waals surface area contributed by atoms with E-state index in [1.54, 1.807) is 0 Å². The molecule has 0 amide bonds. The molecule has 0 aliphatic heterocycles. The zero-order valence-corrected chi connectivity index (χ0v) is 10.3. The Balaban J connectivity index is 2.96. The normalized spacial score (nSPS) is 11.9. The van der Waals surface area contributed by atoms with Crippen molar-refractivity contribution in [3.8, 4) is 5.75 Å². The molecule has 1 aromatic carbocycles. The zero-order valence-electron chi connectivity index (χ0n) is 8.70. The lowest BCUT2D eigenvalue weighted by atomic mass is 10.1. The summed E-state index contributed by atoms with van der Waals surface area (Å²) in [6.07, 6.45) is 0. The molecule has 4 heteroatoms. The quantitative estimate of drug-likeness (QED) is 0.625. The molecule has 3 nitrogen and oxygen atoms in total. The van der Waals surface area contributed by atoms with Crippen molar-refractivity contribution in [1.82, 2.24) is 0 Å². The van der Waals surface area contributed by atoms with Crippen molar-refractivity contribution in [3.63, 3.8) is 0 Å². The van der Waals surface area contributed by atoms with Gasteiger partial charge in [-0.25, -0.2) is 0 Å². The van der Waals surface area contributed by atoms with Gasteiger partial charge in [0.25, 0.3) is 0 Å². The van der Waals surface area contributed by atoms with E-state index < -0.39 is 4.83 Å². The predicted molar refractivity (Wildman–Crippen MR) is 61.3 cm³/mol. The Bertz CT molecular complexity index is 338. The van der Waals surface area contributed by atoms with Crippen molar-refractivity contribution in [2.24, 2.45) is 0 Å². The highest BCUT2D eigenvalue weighted by atomic mass is 79.9. The summed E-state index contributed by atoms with van der Waals surface area (Å²) in [4.78, 5) is 10.9. The molecule has 0 saturated heterocycles. The maximum Gasteiger partial charge on any atom is 0.324 e. The van der Waals surface area contributed by atoms with Gasteiger partial charge >= 0.3 is 5.97 Å². The van der Waals surface area contributed by atoms with Crippen molar-refractivity contribution in [2.75, 3.05) is 13.7 Å². The lowest BCUT2D eigenvalue weighted by Crippen LogP contribution is -2.09. The molecule has 0 aliphatic carbocycles. The van der Waals surface area contributed by atoms with Gasteiger partial charge in [0.05, 0.1) is 13.7 Å². The molecular formula is C11H13BrO3. The number of hydrogen-bond acceptors (Lipinski definition) is 3. The molecule has 1 atom stereocenters. The summed E-state index contributed by atoms with van der Waals surface area (Å²) in [5.74, 6) is 0.370. The maximum absolute atomic E-state index is 11.3. The molecule has 82 valence electrons. The van der Waals surface area contributed by atoms with Crippen LogP contribution in [0.15, 0.2) is 24.3 Å². The monoisotopic (exact) mass is 272 g/mol. The minimum absolute atomic E-state index is 0.331. The fourth-order valence-electron chi connectivity index (χ4n) is 1.21. The Kier molecular flexibility index (Phi) is 4.62. The molecule has 0 aliphatic rings. The lowest BCUT2D eigenvalue weighted by Gasteiger charge is -2.13. The highest BCUT2D eigenvalue weighted by Crippen LogP contribution is 2.31. The molecule has 1 aromatic rings. The Morgan fingerprint density at radius 1 is 1.47 bits per heavy atom. The zero-order chi connectivity index (χ0) is 11.3. The van der Waals surface area contributed by atoms with Crippen LogP contribution >= 0.6 is 15.9 Å². The van der Waals surface area contributed by atoms with Gasteiger partial charge in [0.1, 0.15) is 10.6 Å². The van der Waals surface area contributed by atoms with Gasteiger partial charge in [0, 0.05) is 5.56 Å². The van der Waals surface area contributed by atoms with Crippen LogP contribution in [0.3, 0.4) is 0 Å². The first-order valence-corrected chi connectivity index (χ1v) is 5.55. The van der Waals surface area contributed by atoms with E-state index >= 15 is 0 Å². The highest BCUT2D eigenvalue weighted by molar-refractivity contribution is 9.09. The summed E-state index contributed by atoms with van der Waals surface area (Å²) in [6, 6.07) is 7.39. The number of carbonyl (C=O) groups excluding carboxylic acids is 1. The van der Waals surface area contributed by atoms with Crippen molar-refractivity contribution in [1.29, 1.82) is 0 Å². The summed E-state index contributed by atoms with van der Waals surface area (Å²) in [5.41, 5.74) is 0.784. The fraction of sp³-hybridized carbons (Fsp3) is 0.364. The average molecular weight is 273 g/mol. The number of carbonyl (C=O) groups is 1. The Labute approximate surface area is 97.5 Å². The van der Waals surface area contributed by atoms with Crippen LogP contribution in [0.2, 0.25) is 0 Å². The molecule has 0 bridgehead atoms. The molecule has 0 N–H and O–H groups in total. The van der Waals surface area contributed by atoms with Gasteiger partial charge in [-0.2, -0.15) is 0 Å². The highest BCUT2D eigenvalue weighted by Gasteiger charge is 2.20. The average Bonchev–Trinajstić information content (AvgIpc) is 2.28. The van der Waals surface area contributed by atoms with E-state index in [1.165, 1.54) is 7.11 Å². The second kappa shape index (κ2) is 5.75. The number of esters is 1. The SMILES string of the molecule is CCOc1ccccc1C(Br)C(=O)OC.